The van der Waals surface area contributed by atoms with Gasteiger partial charge in [-0.3, -0.25) is 0 Å². The van der Waals surface area contributed by atoms with Crippen LogP contribution in [0.15, 0.2) is 0 Å². The maximum Gasteiger partial charge on any atom is 0.460 e. The van der Waals surface area contributed by atoms with E-state index in [1.165, 1.54) is 0 Å². The Kier molecular flexibility index (Phi) is 2.80. The van der Waals surface area contributed by atoms with Crippen LogP contribution in [0.2, 0.25) is 0 Å². The molecule has 1 atom stereocenters. The van der Waals surface area contributed by atoms with Gasteiger partial charge in [0.2, 0.25) is 0 Å². The summed E-state index contributed by atoms with van der Waals surface area (Å²) in [4.78, 5) is 0.599. The van der Waals surface area contributed by atoms with Gasteiger partial charge in [0.05, 0.1) is 0 Å². The molecule has 0 unspecified atom stereocenters. The van der Waals surface area contributed by atoms with E-state index in [4.69, 9.17) is 0 Å². The Labute approximate surface area is 71.7 Å². The summed E-state index contributed by atoms with van der Waals surface area (Å²) >= 11 is 3.07. The third kappa shape index (κ3) is 2.08. The van der Waals surface area contributed by atoms with Crippen LogP contribution in [0.25, 0.3) is 0 Å². The maximum absolute atomic E-state index is 12.1. The molecule has 11 heavy (non-hydrogen) atoms. The second-order valence-corrected chi connectivity index (χ2v) is 3.26. The fourth-order valence-electron chi connectivity index (χ4n) is 1.33. The molecule has 1 heterocycles. The summed E-state index contributed by atoms with van der Waals surface area (Å²) in [7, 11) is 0. The maximum atomic E-state index is 12.1. The first-order valence-corrected chi connectivity index (χ1v) is 4.57. The van der Waals surface area contributed by atoms with Gasteiger partial charge < -0.3 is 0 Å². The smallest absolute Gasteiger partial charge is 0.211 e. The minimum Gasteiger partial charge on any atom is -0.211 e. The van der Waals surface area contributed by atoms with Gasteiger partial charge in [0.15, 0.2) is 0 Å². The lowest BCUT2D eigenvalue weighted by molar-refractivity contribution is -0.247. The van der Waals surface area contributed by atoms with E-state index in [-0.39, 0.29) is 12.6 Å². The van der Waals surface area contributed by atoms with Crippen LogP contribution in [0.3, 0.4) is 0 Å². The molecule has 66 valence electrons. The molecule has 0 aromatic heterocycles. The molecule has 1 aliphatic heterocycles. The highest BCUT2D eigenvalue weighted by Crippen LogP contribution is 2.31. The molecule has 0 aromatic carbocycles. The lowest BCUT2D eigenvalue weighted by Crippen LogP contribution is -2.42. The molecule has 0 amide bonds. The van der Waals surface area contributed by atoms with Gasteiger partial charge in [-0.1, -0.05) is 15.9 Å². The van der Waals surface area contributed by atoms with E-state index in [1.54, 1.807) is 0 Å². The molecule has 0 N–H and O–H groups in total. The average Bonchev–Trinajstić information content (AvgIpc) is 2.31. The molecule has 5 heteroatoms. The minimum absolute atomic E-state index is 0.153. The first kappa shape index (κ1) is 9.32. The molecule has 1 aliphatic rings. The summed E-state index contributed by atoms with van der Waals surface area (Å²) in [5, 5.41) is 0.409. The number of rotatable bonds is 1. The second kappa shape index (κ2) is 3.31. The Morgan fingerprint density at radius 1 is 1.45 bits per heavy atom. The molecule has 0 spiro atoms. The van der Waals surface area contributed by atoms with Crippen LogP contribution in [-0.4, -0.2) is 29.1 Å². The number of hydrogen-bond acceptors (Lipinski definition) is 1. The van der Waals surface area contributed by atoms with Crippen molar-refractivity contribution in [1.29, 1.82) is 0 Å². The predicted molar refractivity (Wildman–Crippen MR) is 39.6 cm³/mol. The first-order chi connectivity index (χ1) is 5.05. The molecule has 0 aliphatic carbocycles. The van der Waals surface area contributed by atoms with E-state index in [0.717, 1.165) is 0 Å². The van der Waals surface area contributed by atoms with E-state index < -0.39 is 6.30 Å². The van der Waals surface area contributed by atoms with E-state index in [1.807, 2.05) is 0 Å². The van der Waals surface area contributed by atoms with Crippen LogP contribution in [0.4, 0.5) is 13.2 Å². The quantitative estimate of drug-likeness (QED) is 0.495. The largest absolute Gasteiger partial charge is 0.460 e. The normalized spacial score (nSPS) is 27.8. The molecule has 1 saturated heterocycles. The Bertz CT molecular complexity index is 136. The summed E-state index contributed by atoms with van der Waals surface area (Å²) < 4.78 is 36.3. The monoisotopic (exact) mass is 231 g/mol. The Morgan fingerprint density at radius 3 is 2.45 bits per heavy atom. The third-order valence-corrected chi connectivity index (χ3v) is 2.63. The molecular formula is C6H9BrF3N. The lowest BCUT2D eigenvalue weighted by Gasteiger charge is -2.24. The van der Waals surface area contributed by atoms with E-state index in [9.17, 15) is 13.2 Å². The lowest BCUT2D eigenvalue weighted by atomic mass is 10.2. The van der Waals surface area contributed by atoms with Gasteiger partial charge in [0, 0.05) is 17.9 Å². The topological polar surface area (TPSA) is 3.24 Å². The second-order valence-electron chi connectivity index (χ2n) is 2.61. The molecule has 0 saturated carbocycles. The summed E-state index contributed by atoms with van der Waals surface area (Å²) in [6.07, 6.45) is -2.85. The van der Waals surface area contributed by atoms with Crippen molar-refractivity contribution in [2.45, 2.75) is 25.2 Å². The zero-order valence-corrected chi connectivity index (χ0v) is 7.45. The van der Waals surface area contributed by atoms with Gasteiger partial charge in [-0.05, 0) is 12.8 Å². The van der Waals surface area contributed by atoms with Crippen LogP contribution >= 0.6 is 15.9 Å². The van der Waals surface area contributed by atoms with Crippen LogP contribution in [0.1, 0.15) is 12.8 Å². The first-order valence-electron chi connectivity index (χ1n) is 3.45. The molecule has 1 nitrogen and oxygen atoms in total. The Hall–Kier alpha value is 0.230. The van der Waals surface area contributed by atoms with Crippen LogP contribution in [0.5, 0.6) is 0 Å². The van der Waals surface area contributed by atoms with Gasteiger partial charge in [-0.25, -0.2) is 4.90 Å². The van der Waals surface area contributed by atoms with Gasteiger partial charge >= 0.3 is 6.30 Å². The number of halogens is 4. The van der Waals surface area contributed by atoms with Gasteiger partial charge in [-0.2, -0.15) is 13.2 Å². The number of nitrogens with zero attached hydrogens (tertiary/aromatic N) is 1. The van der Waals surface area contributed by atoms with Gasteiger partial charge in [-0.15, -0.1) is 0 Å². The van der Waals surface area contributed by atoms with Crippen molar-refractivity contribution >= 4 is 15.9 Å². The molecule has 0 radical (unpaired) electrons. The molecular weight excluding hydrogens is 223 g/mol. The number of alkyl halides is 4. The minimum atomic E-state index is -4.14. The van der Waals surface area contributed by atoms with Crippen molar-refractivity contribution < 1.29 is 13.2 Å². The predicted octanol–water partition coefficient (Wildman–Crippen LogP) is 2.37. The zero-order valence-electron chi connectivity index (χ0n) is 5.86. The Balaban J connectivity index is 2.57. The standard InChI is InChI=1S/C6H9BrF3N/c7-4-5-2-1-3-11(5)6(8,9)10/h5H,1-4H2/t5-/m1/s1. The summed E-state index contributed by atoms with van der Waals surface area (Å²) in [6.45, 7) is 0.153. The van der Waals surface area contributed by atoms with Crippen molar-refractivity contribution in [3.05, 3.63) is 0 Å². The highest BCUT2D eigenvalue weighted by Gasteiger charge is 2.43. The van der Waals surface area contributed by atoms with Crippen molar-refractivity contribution in [2.75, 3.05) is 11.9 Å². The van der Waals surface area contributed by atoms with Gasteiger partial charge in [0.1, 0.15) is 0 Å². The van der Waals surface area contributed by atoms with E-state index in [2.05, 4.69) is 15.9 Å². The van der Waals surface area contributed by atoms with Crippen LogP contribution in [0, 0.1) is 0 Å². The van der Waals surface area contributed by atoms with E-state index in [0.29, 0.717) is 23.1 Å². The summed E-state index contributed by atoms with van der Waals surface area (Å²) in [5.41, 5.74) is 0. The fraction of sp³-hybridized carbons (Fsp3) is 1.00. The number of hydrogen-bond donors (Lipinski definition) is 0. The molecule has 0 aromatic rings. The van der Waals surface area contributed by atoms with Crippen LogP contribution < -0.4 is 0 Å². The third-order valence-electron chi connectivity index (χ3n) is 1.88. The van der Waals surface area contributed by atoms with Crippen LogP contribution in [-0.2, 0) is 0 Å². The molecule has 1 fully saturated rings. The highest BCUT2D eigenvalue weighted by atomic mass is 79.9. The highest BCUT2D eigenvalue weighted by molar-refractivity contribution is 9.09. The number of likely N-dealkylation sites (tertiary alicyclic amines) is 1. The van der Waals surface area contributed by atoms with Crippen molar-refractivity contribution in [1.82, 2.24) is 4.90 Å². The summed E-state index contributed by atoms with van der Waals surface area (Å²) in [5.74, 6) is 0. The molecule has 1 rings (SSSR count). The van der Waals surface area contributed by atoms with E-state index >= 15 is 0 Å². The van der Waals surface area contributed by atoms with Crippen molar-refractivity contribution in [2.24, 2.45) is 0 Å². The Morgan fingerprint density at radius 2 is 2.09 bits per heavy atom. The van der Waals surface area contributed by atoms with Gasteiger partial charge in [0.25, 0.3) is 0 Å². The van der Waals surface area contributed by atoms with Crippen molar-refractivity contribution in [3.63, 3.8) is 0 Å². The zero-order chi connectivity index (χ0) is 8.48. The average molecular weight is 232 g/mol. The fourth-order valence-corrected chi connectivity index (χ4v) is 2.00. The molecule has 0 bridgehead atoms. The van der Waals surface area contributed by atoms with Crippen molar-refractivity contribution in [3.8, 4) is 0 Å². The summed E-state index contributed by atoms with van der Waals surface area (Å²) in [6, 6.07) is -0.352. The SMILES string of the molecule is FC(F)(F)N1CCC[C@@H]1CBr.